The maximum Gasteiger partial charge on any atom is 0.408 e. The highest BCUT2D eigenvalue weighted by Gasteiger charge is 2.23. The highest BCUT2D eigenvalue weighted by molar-refractivity contribution is 5.81. The Bertz CT molecular complexity index is 574. The van der Waals surface area contributed by atoms with Crippen LogP contribution in [-0.2, 0) is 20.9 Å². The lowest BCUT2D eigenvalue weighted by Gasteiger charge is -2.17. The molecule has 24 heavy (non-hydrogen) atoms. The molecular formula is C15H20N4O5. The summed E-state index contributed by atoms with van der Waals surface area (Å²) in [6, 6.07) is 8.13. The van der Waals surface area contributed by atoms with E-state index in [2.05, 4.69) is 20.1 Å². The zero-order valence-corrected chi connectivity index (χ0v) is 13.3. The summed E-state index contributed by atoms with van der Waals surface area (Å²) in [5.74, 6) is -0.650. The number of esters is 1. The quantitative estimate of drug-likeness (QED) is 0.307. The average molecular weight is 336 g/mol. The van der Waals surface area contributed by atoms with E-state index in [1.807, 2.05) is 18.2 Å². The van der Waals surface area contributed by atoms with Crippen LogP contribution < -0.4 is 5.32 Å². The molecule has 0 saturated carbocycles. The Hall–Kier alpha value is -2.77. The van der Waals surface area contributed by atoms with Crippen molar-refractivity contribution in [3.05, 3.63) is 46.3 Å². The molecule has 1 amide bonds. The van der Waals surface area contributed by atoms with Crippen LogP contribution in [0.4, 0.5) is 4.79 Å². The molecule has 0 radical (unpaired) electrons. The molecule has 0 spiro atoms. The van der Waals surface area contributed by atoms with Gasteiger partial charge in [-0.1, -0.05) is 35.4 Å². The Morgan fingerprint density at radius 3 is 2.67 bits per heavy atom. The number of hydrogen-bond donors (Lipinski definition) is 2. The van der Waals surface area contributed by atoms with E-state index in [4.69, 9.17) is 10.3 Å². The van der Waals surface area contributed by atoms with Crippen LogP contribution in [0.2, 0.25) is 0 Å². The fourth-order valence-electron chi connectivity index (χ4n) is 1.88. The molecule has 0 aromatic heterocycles. The Morgan fingerprint density at radius 1 is 1.33 bits per heavy atom. The summed E-state index contributed by atoms with van der Waals surface area (Å²) < 4.78 is 9.65. The second kappa shape index (κ2) is 10.9. The first-order chi connectivity index (χ1) is 11.6. The highest BCUT2D eigenvalue weighted by atomic mass is 16.6. The lowest BCUT2D eigenvalue weighted by Crippen LogP contribution is -2.42. The van der Waals surface area contributed by atoms with Crippen LogP contribution in [0.5, 0.6) is 0 Å². The molecule has 0 fully saturated rings. The molecule has 0 saturated heterocycles. The van der Waals surface area contributed by atoms with Crippen molar-refractivity contribution in [3.63, 3.8) is 0 Å². The van der Waals surface area contributed by atoms with E-state index >= 15 is 0 Å². The first kappa shape index (κ1) is 19.3. The van der Waals surface area contributed by atoms with E-state index in [1.165, 1.54) is 7.11 Å². The maximum atomic E-state index is 11.8. The van der Waals surface area contributed by atoms with Crippen LogP contribution in [0.25, 0.3) is 10.4 Å². The molecule has 9 heteroatoms. The summed E-state index contributed by atoms with van der Waals surface area (Å²) in [7, 11) is 1.20. The minimum atomic E-state index is -0.959. The third-order valence-electron chi connectivity index (χ3n) is 3.13. The summed E-state index contributed by atoms with van der Waals surface area (Å²) in [6.45, 7) is -0.0388. The van der Waals surface area contributed by atoms with Crippen molar-refractivity contribution in [2.75, 3.05) is 13.7 Å². The summed E-state index contributed by atoms with van der Waals surface area (Å²) in [6.07, 6.45) is -1.40. The molecule has 0 aliphatic carbocycles. The smallest absolute Gasteiger partial charge is 0.408 e. The molecule has 0 unspecified atom stereocenters. The highest BCUT2D eigenvalue weighted by Crippen LogP contribution is 2.06. The van der Waals surface area contributed by atoms with Gasteiger partial charge in [-0.3, -0.25) is 0 Å². The van der Waals surface area contributed by atoms with Gasteiger partial charge < -0.3 is 19.9 Å². The molecule has 2 atom stereocenters. The van der Waals surface area contributed by atoms with Gasteiger partial charge in [-0.2, -0.15) is 0 Å². The van der Waals surface area contributed by atoms with Gasteiger partial charge in [0.1, 0.15) is 12.6 Å². The Balaban J connectivity index is 2.47. The number of carbonyl (C=O) groups is 2. The maximum absolute atomic E-state index is 11.8. The van der Waals surface area contributed by atoms with E-state index < -0.39 is 24.2 Å². The molecule has 1 aromatic carbocycles. The number of benzene rings is 1. The Morgan fingerprint density at radius 2 is 2.04 bits per heavy atom. The van der Waals surface area contributed by atoms with E-state index in [-0.39, 0.29) is 26.0 Å². The standard InChI is InChI=1S/C15H20N4O5/c1-23-14(21)13(8-7-12(20)9-17-19-16)18-15(22)24-10-11-5-3-2-4-6-11/h2-6,12-13,20H,7-10H2,1H3,(H,18,22)/t12-,13+/m1/s1. The fourth-order valence-corrected chi connectivity index (χ4v) is 1.88. The molecule has 2 N–H and O–H groups in total. The van der Waals surface area contributed by atoms with E-state index in [9.17, 15) is 14.7 Å². The summed E-state index contributed by atoms with van der Waals surface area (Å²) >= 11 is 0. The predicted molar refractivity (Wildman–Crippen MR) is 84.8 cm³/mol. The summed E-state index contributed by atoms with van der Waals surface area (Å²) in [5, 5.41) is 15.2. The van der Waals surface area contributed by atoms with Crippen LogP contribution >= 0.6 is 0 Å². The number of amides is 1. The minimum Gasteiger partial charge on any atom is -0.467 e. The first-order valence-electron chi connectivity index (χ1n) is 7.30. The number of hydrogen-bond acceptors (Lipinski definition) is 6. The number of nitrogens with zero attached hydrogens (tertiary/aromatic N) is 3. The molecule has 1 rings (SSSR count). The number of alkyl carbamates (subject to hydrolysis) is 1. The number of methoxy groups -OCH3 is 1. The first-order valence-corrected chi connectivity index (χ1v) is 7.30. The number of aliphatic hydroxyl groups is 1. The van der Waals surface area contributed by atoms with Crippen molar-refractivity contribution in [2.24, 2.45) is 5.11 Å². The number of nitrogens with one attached hydrogen (secondary N) is 1. The second-order valence-electron chi connectivity index (χ2n) is 4.93. The van der Waals surface area contributed by atoms with Crippen molar-refractivity contribution < 1.29 is 24.2 Å². The SMILES string of the molecule is COC(=O)[C@H](CC[C@@H](O)CN=[N+]=[N-])NC(=O)OCc1ccccc1. The molecular weight excluding hydrogens is 316 g/mol. The van der Waals surface area contributed by atoms with Crippen LogP contribution in [-0.4, -0.2) is 43.0 Å². The van der Waals surface area contributed by atoms with Crippen LogP contribution in [0.1, 0.15) is 18.4 Å². The van der Waals surface area contributed by atoms with Gasteiger partial charge in [-0.05, 0) is 23.9 Å². The van der Waals surface area contributed by atoms with E-state index in [0.717, 1.165) is 5.56 Å². The molecule has 130 valence electrons. The Kier molecular flexibility index (Phi) is 8.73. The number of rotatable bonds is 9. The van der Waals surface area contributed by atoms with E-state index in [0.29, 0.717) is 0 Å². The molecule has 0 heterocycles. The molecule has 9 nitrogen and oxygen atoms in total. The van der Waals surface area contributed by atoms with Crippen molar-refractivity contribution in [3.8, 4) is 0 Å². The number of ether oxygens (including phenoxy) is 2. The zero-order chi connectivity index (χ0) is 17.8. The van der Waals surface area contributed by atoms with Gasteiger partial charge in [-0.25, -0.2) is 9.59 Å². The normalized spacial score (nSPS) is 12.4. The van der Waals surface area contributed by atoms with Crippen LogP contribution in [0.3, 0.4) is 0 Å². The monoisotopic (exact) mass is 336 g/mol. The van der Waals surface area contributed by atoms with Gasteiger partial charge in [0.2, 0.25) is 0 Å². The van der Waals surface area contributed by atoms with Gasteiger partial charge in [0, 0.05) is 4.91 Å². The van der Waals surface area contributed by atoms with Gasteiger partial charge in [0.25, 0.3) is 0 Å². The lowest BCUT2D eigenvalue weighted by molar-refractivity contribution is -0.143. The van der Waals surface area contributed by atoms with Crippen molar-refractivity contribution >= 4 is 12.1 Å². The lowest BCUT2D eigenvalue weighted by atomic mass is 10.1. The average Bonchev–Trinajstić information content (AvgIpc) is 2.61. The van der Waals surface area contributed by atoms with Gasteiger partial charge in [-0.15, -0.1) is 0 Å². The van der Waals surface area contributed by atoms with Crippen molar-refractivity contribution in [1.29, 1.82) is 0 Å². The van der Waals surface area contributed by atoms with Crippen LogP contribution in [0.15, 0.2) is 35.4 Å². The number of aliphatic hydroxyl groups excluding tert-OH is 1. The fraction of sp³-hybridized carbons (Fsp3) is 0.467. The van der Waals surface area contributed by atoms with Gasteiger partial charge >= 0.3 is 12.1 Å². The molecule has 0 bridgehead atoms. The minimum absolute atomic E-state index is 0.0695. The van der Waals surface area contributed by atoms with E-state index in [1.54, 1.807) is 12.1 Å². The number of azide groups is 1. The van der Waals surface area contributed by atoms with Crippen LogP contribution in [0, 0.1) is 0 Å². The third kappa shape index (κ3) is 7.48. The Labute approximate surface area is 139 Å². The summed E-state index contributed by atoms with van der Waals surface area (Å²) in [5.41, 5.74) is 9.00. The second-order valence-corrected chi connectivity index (χ2v) is 4.93. The van der Waals surface area contributed by atoms with Gasteiger partial charge in [0.05, 0.1) is 19.8 Å². The molecule has 0 aliphatic heterocycles. The topological polar surface area (TPSA) is 134 Å². The van der Waals surface area contributed by atoms with Gasteiger partial charge in [0.15, 0.2) is 0 Å². The molecule has 1 aromatic rings. The van der Waals surface area contributed by atoms with Crippen molar-refractivity contribution in [2.45, 2.75) is 31.6 Å². The zero-order valence-electron chi connectivity index (χ0n) is 13.3. The molecule has 0 aliphatic rings. The number of carbonyl (C=O) groups excluding carboxylic acids is 2. The summed E-state index contributed by atoms with van der Waals surface area (Å²) in [4.78, 5) is 26.0. The predicted octanol–water partition coefficient (Wildman–Crippen LogP) is 1.91. The largest absolute Gasteiger partial charge is 0.467 e. The third-order valence-corrected chi connectivity index (χ3v) is 3.13. The van der Waals surface area contributed by atoms with Crippen molar-refractivity contribution in [1.82, 2.24) is 5.32 Å².